The van der Waals surface area contributed by atoms with Gasteiger partial charge in [0.2, 0.25) is 0 Å². The Morgan fingerprint density at radius 1 is 1.20 bits per heavy atom. The average molecular weight is 271 g/mol. The van der Waals surface area contributed by atoms with Crippen LogP contribution in [0.5, 0.6) is 0 Å². The zero-order chi connectivity index (χ0) is 10.8. The van der Waals surface area contributed by atoms with E-state index in [0.717, 1.165) is 4.47 Å². The summed E-state index contributed by atoms with van der Waals surface area (Å²) in [5.41, 5.74) is 0. The number of aromatic nitrogens is 2. The van der Waals surface area contributed by atoms with Crippen molar-refractivity contribution >= 4 is 27.9 Å². The normalized spacial score (nSPS) is 17.7. The molecule has 0 spiro atoms. The number of nitrogens with zero attached hydrogens (tertiary/aromatic N) is 2. The Morgan fingerprint density at radius 2 is 1.73 bits per heavy atom. The molecule has 0 aliphatic carbocycles. The number of esters is 2. The minimum Gasteiger partial charge on any atom is -0.393 e. The molecular formula is C9H7BrN2O3. The fraction of sp³-hybridized carbons (Fsp3) is 0.333. The Hall–Kier alpha value is -1.30. The van der Waals surface area contributed by atoms with Crippen LogP contribution in [-0.2, 0) is 14.3 Å². The van der Waals surface area contributed by atoms with E-state index in [4.69, 9.17) is 0 Å². The number of carbonyl (C=O) groups is 2. The molecule has 1 fully saturated rings. The molecule has 1 aromatic rings. The molecule has 0 N–H and O–H groups in total. The van der Waals surface area contributed by atoms with Gasteiger partial charge in [-0.2, -0.15) is 0 Å². The second-order valence-corrected chi connectivity index (χ2v) is 4.13. The lowest BCUT2D eigenvalue weighted by Crippen LogP contribution is -2.25. The van der Waals surface area contributed by atoms with Crippen molar-refractivity contribution in [2.45, 2.75) is 18.8 Å². The predicted molar refractivity (Wildman–Crippen MR) is 52.8 cm³/mol. The van der Waals surface area contributed by atoms with Crippen LogP contribution < -0.4 is 0 Å². The highest BCUT2D eigenvalue weighted by atomic mass is 79.9. The fourth-order valence-electron chi connectivity index (χ4n) is 1.40. The maximum Gasteiger partial charge on any atom is 0.314 e. The Bertz CT molecular complexity index is 388. The first kappa shape index (κ1) is 10.2. The first-order chi connectivity index (χ1) is 7.15. The summed E-state index contributed by atoms with van der Waals surface area (Å²) in [5.74, 6) is -0.777. The molecule has 78 valence electrons. The van der Waals surface area contributed by atoms with Gasteiger partial charge in [-0.15, -0.1) is 0 Å². The maximum absolute atomic E-state index is 11.0. The summed E-state index contributed by atoms with van der Waals surface area (Å²) in [5, 5.41) is 0. The summed E-state index contributed by atoms with van der Waals surface area (Å²) in [7, 11) is 0. The maximum atomic E-state index is 11.0. The molecule has 2 rings (SSSR count). The number of ether oxygens (including phenoxy) is 1. The first-order valence-corrected chi connectivity index (χ1v) is 5.15. The van der Waals surface area contributed by atoms with Crippen molar-refractivity contribution in [2.24, 2.45) is 0 Å². The molecule has 0 atom stereocenters. The smallest absolute Gasteiger partial charge is 0.314 e. The molecule has 15 heavy (non-hydrogen) atoms. The van der Waals surface area contributed by atoms with Crippen LogP contribution in [0.1, 0.15) is 24.6 Å². The van der Waals surface area contributed by atoms with Crippen LogP contribution in [0.2, 0.25) is 0 Å². The van der Waals surface area contributed by atoms with Gasteiger partial charge in [0.05, 0.1) is 17.3 Å². The molecular weight excluding hydrogens is 264 g/mol. The van der Waals surface area contributed by atoms with Gasteiger partial charge in [0.15, 0.2) is 0 Å². The molecule has 0 unspecified atom stereocenters. The van der Waals surface area contributed by atoms with Crippen molar-refractivity contribution < 1.29 is 14.3 Å². The van der Waals surface area contributed by atoms with E-state index in [1.54, 1.807) is 12.4 Å². The van der Waals surface area contributed by atoms with Crippen molar-refractivity contribution in [3.63, 3.8) is 0 Å². The average Bonchev–Trinajstić information content (AvgIpc) is 2.17. The summed E-state index contributed by atoms with van der Waals surface area (Å²) in [6.07, 6.45) is 3.50. The lowest BCUT2D eigenvalue weighted by atomic mass is 9.98. The lowest BCUT2D eigenvalue weighted by Gasteiger charge is -2.17. The van der Waals surface area contributed by atoms with E-state index < -0.39 is 11.9 Å². The molecule has 0 aromatic carbocycles. The standard InChI is InChI=1S/C9H7BrN2O3/c10-6-3-11-9(12-4-6)5-1-7(13)15-8(14)2-5/h3-5H,1-2H2. The number of cyclic esters (lactones) is 2. The highest BCUT2D eigenvalue weighted by molar-refractivity contribution is 9.10. The third kappa shape index (κ3) is 2.38. The Balaban J connectivity index is 2.19. The topological polar surface area (TPSA) is 69.2 Å². The van der Waals surface area contributed by atoms with Crippen molar-refractivity contribution in [3.8, 4) is 0 Å². The van der Waals surface area contributed by atoms with Gasteiger partial charge in [-0.25, -0.2) is 9.97 Å². The monoisotopic (exact) mass is 270 g/mol. The fourth-order valence-corrected chi connectivity index (χ4v) is 1.61. The molecule has 0 bridgehead atoms. The quantitative estimate of drug-likeness (QED) is 0.566. The Labute approximate surface area is 94.0 Å². The number of hydrogen-bond acceptors (Lipinski definition) is 5. The lowest BCUT2D eigenvalue weighted by molar-refractivity contribution is -0.164. The van der Waals surface area contributed by atoms with E-state index in [9.17, 15) is 9.59 Å². The van der Waals surface area contributed by atoms with Gasteiger partial charge in [-0.1, -0.05) is 0 Å². The second-order valence-electron chi connectivity index (χ2n) is 3.21. The number of rotatable bonds is 1. The molecule has 2 heterocycles. The zero-order valence-corrected chi connectivity index (χ0v) is 9.23. The molecule has 0 radical (unpaired) electrons. The summed E-state index contributed by atoms with van der Waals surface area (Å²) in [4.78, 5) is 30.1. The van der Waals surface area contributed by atoms with E-state index in [1.165, 1.54) is 0 Å². The summed E-state index contributed by atoms with van der Waals surface area (Å²) in [6.45, 7) is 0. The van der Waals surface area contributed by atoms with E-state index in [-0.39, 0.29) is 18.8 Å². The van der Waals surface area contributed by atoms with Gasteiger partial charge in [0, 0.05) is 18.3 Å². The van der Waals surface area contributed by atoms with Crippen LogP contribution in [0.3, 0.4) is 0 Å². The summed E-state index contributed by atoms with van der Waals surface area (Å²) < 4.78 is 5.18. The van der Waals surface area contributed by atoms with Gasteiger partial charge in [-0.3, -0.25) is 9.59 Å². The SMILES string of the molecule is O=C1CC(c2ncc(Br)cn2)CC(=O)O1. The number of hydrogen-bond donors (Lipinski definition) is 0. The first-order valence-electron chi connectivity index (χ1n) is 4.36. The Kier molecular flexibility index (Phi) is 2.77. The molecule has 1 saturated heterocycles. The Morgan fingerprint density at radius 3 is 2.27 bits per heavy atom. The minimum atomic E-state index is -0.511. The molecule has 1 aliphatic heterocycles. The van der Waals surface area contributed by atoms with Gasteiger partial charge < -0.3 is 4.74 Å². The van der Waals surface area contributed by atoms with Gasteiger partial charge in [0.25, 0.3) is 0 Å². The molecule has 5 nitrogen and oxygen atoms in total. The van der Waals surface area contributed by atoms with E-state index in [2.05, 4.69) is 30.6 Å². The van der Waals surface area contributed by atoms with E-state index >= 15 is 0 Å². The van der Waals surface area contributed by atoms with Crippen LogP contribution in [0.25, 0.3) is 0 Å². The highest BCUT2D eigenvalue weighted by Gasteiger charge is 2.29. The van der Waals surface area contributed by atoms with Gasteiger partial charge in [-0.05, 0) is 15.9 Å². The molecule has 1 aromatic heterocycles. The molecule has 0 amide bonds. The minimum absolute atomic E-state index is 0.160. The molecule has 1 aliphatic rings. The van der Waals surface area contributed by atoms with Crippen LogP contribution in [0.15, 0.2) is 16.9 Å². The van der Waals surface area contributed by atoms with Crippen molar-refractivity contribution in [3.05, 3.63) is 22.7 Å². The summed E-state index contributed by atoms with van der Waals surface area (Å²) in [6, 6.07) is 0. The largest absolute Gasteiger partial charge is 0.393 e. The second kappa shape index (κ2) is 4.06. The van der Waals surface area contributed by atoms with Crippen LogP contribution in [0.4, 0.5) is 0 Å². The molecule has 6 heteroatoms. The van der Waals surface area contributed by atoms with Crippen molar-refractivity contribution in [1.29, 1.82) is 0 Å². The number of halogens is 1. The number of carbonyl (C=O) groups excluding carboxylic acids is 2. The van der Waals surface area contributed by atoms with Crippen LogP contribution >= 0.6 is 15.9 Å². The van der Waals surface area contributed by atoms with Crippen LogP contribution in [0, 0.1) is 0 Å². The zero-order valence-electron chi connectivity index (χ0n) is 7.64. The summed E-state index contributed by atoms with van der Waals surface area (Å²) >= 11 is 3.21. The van der Waals surface area contributed by atoms with E-state index in [0.29, 0.717) is 5.82 Å². The van der Waals surface area contributed by atoms with Gasteiger partial charge in [0.1, 0.15) is 5.82 Å². The molecule has 0 saturated carbocycles. The van der Waals surface area contributed by atoms with E-state index in [1.807, 2.05) is 0 Å². The van der Waals surface area contributed by atoms with Gasteiger partial charge >= 0.3 is 11.9 Å². The van der Waals surface area contributed by atoms with Crippen LogP contribution in [-0.4, -0.2) is 21.9 Å². The third-order valence-corrected chi connectivity index (χ3v) is 2.47. The highest BCUT2D eigenvalue weighted by Crippen LogP contribution is 2.25. The van der Waals surface area contributed by atoms with Crippen molar-refractivity contribution in [1.82, 2.24) is 9.97 Å². The van der Waals surface area contributed by atoms with Crippen molar-refractivity contribution in [2.75, 3.05) is 0 Å². The third-order valence-electron chi connectivity index (χ3n) is 2.06. The predicted octanol–water partition coefficient (Wildman–Crippen LogP) is 1.19.